The molecule has 4 fully saturated rings. The van der Waals surface area contributed by atoms with Gasteiger partial charge in [-0.3, -0.25) is 9.59 Å². The average molecular weight is 319 g/mol. The number of hydrogen-bond acceptors (Lipinski definition) is 3. The summed E-state index contributed by atoms with van der Waals surface area (Å²) in [6, 6.07) is 0. The van der Waals surface area contributed by atoms with Crippen LogP contribution in [0.15, 0.2) is 12.2 Å². The topological polar surface area (TPSA) is 46.6 Å². The Morgan fingerprint density at radius 2 is 1.65 bits per heavy atom. The third kappa shape index (κ3) is 3.31. The second-order valence-electron chi connectivity index (χ2n) is 8.14. The Balaban J connectivity index is 1.57. The van der Waals surface area contributed by atoms with E-state index in [1.165, 1.54) is 19.3 Å². The van der Waals surface area contributed by atoms with Crippen LogP contribution in [0.1, 0.15) is 52.4 Å². The lowest BCUT2D eigenvalue weighted by Crippen LogP contribution is -2.51. The van der Waals surface area contributed by atoms with Crippen LogP contribution in [0, 0.1) is 23.2 Å². The van der Waals surface area contributed by atoms with Gasteiger partial charge in [-0.1, -0.05) is 12.2 Å². The molecule has 4 aliphatic carbocycles. The fourth-order valence-electron chi connectivity index (χ4n) is 5.43. The molecule has 128 valence electrons. The zero-order chi connectivity index (χ0) is 16.6. The Morgan fingerprint density at radius 1 is 1.13 bits per heavy atom. The molecule has 4 heteroatoms. The van der Waals surface area contributed by atoms with Crippen LogP contribution in [0.4, 0.5) is 0 Å². The van der Waals surface area contributed by atoms with Crippen molar-refractivity contribution in [2.45, 2.75) is 52.4 Å². The molecule has 0 N–H and O–H groups in total. The molecule has 0 spiro atoms. The molecule has 0 aromatic carbocycles. The van der Waals surface area contributed by atoms with Crippen LogP contribution in [0.2, 0.25) is 0 Å². The molecule has 4 saturated carbocycles. The molecule has 0 aromatic rings. The highest BCUT2D eigenvalue weighted by molar-refractivity contribution is 5.83. The summed E-state index contributed by atoms with van der Waals surface area (Å²) < 4.78 is 5.49. The van der Waals surface area contributed by atoms with Crippen molar-refractivity contribution in [3.63, 3.8) is 0 Å². The summed E-state index contributed by atoms with van der Waals surface area (Å²) >= 11 is 0. The van der Waals surface area contributed by atoms with E-state index in [9.17, 15) is 9.59 Å². The number of rotatable bonds is 6. The number of carbonyl (C=O) groups is 2. The van der Waals surface area contributed by atoms with Gasteiger partial charge in [0.25, 0.3) is 5.91 Å². The summed E-state index contributed by atoms with van der Waals surface area (Å²) in [7, 11) is 0. The number of carbonyl (C=O) groups excluding carboxylic acids is 2. The molecule has 4 rings (SSSR count). The van der Waals surface area contributed by atoms with Crippen LogP contribution in [0.3, 0.4) is 0 Å². The van der Waals surface area contributed by atoms with E-state index in [4.69, 9.17) is 4.74 Å². The highest BCUT2D eigenvalue weighted by atomic mass is 16.5. The molecule has 0 heterocycles. The van der Waals surface area contributed by atoms with Crippen molar-refractivity contribution in [3.05, 3.63) is 12.2 Å². The predicted molar refractivity (Wildman–Crippen MR) is 88.6 cm³/mol. The van der Waals surface area contributed by atoms with E-state index in [0.29, 0.717) is 30.8 Å². The SMILES string of the molecule is C=C(C)CN(CC)C(=O)COC(=O)C12CC3CC(CC(C3)C1)C2. The van der Waals surface area contributed by atoms with Gasteiger partial charge in [0.2, 0.25) is 0 Å². The second kappa shape index (κ2) is 6.29. The minimum absolute atomic E-state index is 0.115. The molecule has 0 radical (unpaired) electrons. The number of likely N-dealkylation sites (N-methyl/N-ethyl adjacent to an activating group) is 1. The van der Waals surface area contributed by atoms with E-state index in [1.54, 1.807) is 4.90 Å². The largest absolute Gasteiger partial charge is 0.455 e. The molecule has 0 aliphatic heterocycles. The van der Waals surface area contributed by atoms with Gasteiger partial charge in [0, 0.05) is 13.1 Å². The third-order valence-electron chi connectivity index (χ3n) is 5.99. The number of nitrogens with zero attached hydrogens (tertiary/aromatic N) is 1. The average Bonchev–Trinajstić information content (AvgIpc) is 2.48. The summed E-state index contributed by atoms with van der Waals surface area (Å²) in [4.78, 5) is 26.7. The summed E-state index contributed by atoms with van der Waals surface area (Å²) in [5, 5.41) is 0. The summed E-state index contributed by atoms with van der Waals surface area (Å²) in [6.07, 6.45) is 6.84. The van der Waals surface area contributed by atoms with Gasteiger partial charge in [0.05, 0.1) is 5.41 Å². The van der Waals surface area contributed by atoms with E-state index in [1.807, 2.05) is 13.8 Å². The first-order chi connectivity index (χ1) is 10.9. The molecule has 4 aliphatic rings. The minimum atomic E-state index is -0.277. The molecule has 0 atom stereocenters. The molecule has 0 saturated heterocycles. The van der Waals surface area contributed by atoms with Crippen molar-refractivity contribution in [2.24, 2.45) is 23.2 Å². The Kier molecular flexibility index (Phi) is 4.52. The Bertz CT molecular complexity index is 475. The van der Waals surface area contributed by atoms with Crippen LogP contribution in [0.25, 0.3) is 0 Å². The molecular weight excluding hydrogens is 290 g/mol. The molecule has 4 bridgehead atoms. The van der Waals surface area contributed by atoms with Crippen LogP contribution >= 0.6 is 0 Å². The Hall–Kier alpha value is -1.32. The van der Waals surface area contributed by atoms with Gasteiger partial charge in [-0.05, 0) is 70.1 Å². The van der Waals surface area contributed by atoms with E-state index in [0.717, 1.165) is 24.8 Å². The zero-order valence-electron chi connectivity index (χ0n) is 14.5. The van der Waals surface area contributed by atoms with Crippen molar-refractivity contribution in [1.82, 2.24) is 4.90 Å². The van der Waals surface area contributed by atoms with Crippen LogP contribution < -0.4 is 0 Å². The first-order valence-corrected chi connectivity index (χ1v) is 9.01. The van der Waals surface area contributed by atoms with Crippen LogP contribution in [-0.4, -0.2) is 36.5 Å². The van der Waals surface area contributed by atoms with Gasteiger partial charge in [-0.25, -0.2) is 0 Å². The number of esters is 1. The highest BCUT2D eigenvalue weighted by Gasteiger charge is 2.55. The number of hydrogen-bond donors (Lipinski definition) is 0. The Morgan fingerprint density at radius 3 is 2.09 bits per heavy atom. The van der Waals surface area contributed by atoms with Crippen molar-refractivity contribution in [3.8, 4) is 0 Å². The van der Waals surface area contributed by atoms with Gasteiger partial charge >= 0.3 is 5.97 Å². The highest BCUT2D eigenvalue weighted by Crippen LogP contribution is 2.60. The van der Waals surface area contributed by atoms with Gasteiger partial charge in [0.15, 0.2) is 6.61 Å². The smallest absolute Gasteiger partial charge is 0.312 e. The van der Waals surface area contributed by atoms with Crippen LogP contribution in [0.5, 0.6) is 0 Å². The lowest BCUT2D eigenvalue weighted by atomic mass is 9.49. The summed E-state index contributed by atoms with van der Waals surface area (Å²) in [5.74, 6) is 1.89. The lowest BCUT2D eigenvalue weighted by molar-refractivity contribution is -0.174. The maximum Gasteiger partial charge on any atom is 0.312 e. The van der Waals surface area contributed by atoms with Gasteiger partial charge < -0.3 is 9.64 Å². The Labute approximate surface area is 139 Å². The summed E-state index contributed by atoms with van der Waals surface area (Å²) in [5.41, 5.74) is 0.660. The molecule has 1 amide bonds. The van der Waals surface area contributed by atoms with Gasteiger partial charge in [-0.2, -0.15) is 0 Å². The third-order valence-corrected chi connectivity index (χ3v) is 5.99. The number of amides is 1. The minimum Gasteiger partial charge on any atom is -0.455 e. The molecule has 23 heavy (non-hydrogen) atoms. The normalized spacial score (nSPS) is 34.3. The van der Waals surface area contributed by atoms with Crippen molar-refractivity contribution >= 4 is 11.9 Å². The number of ether oxygens (including phenoxy) is 1. The van der Waals surface area contributed by atoms with Gasteiger partial charge in [0.1, 0.15) is 0 Å². The monoisotopic (exact) mass is 319 g/mol. The van der Waals surface area contributed by atoms with E-state index >= 15 is 0 Å². The van der Waals surface area contributed by atoms with E-state index in [2.05, 4.69) is 6.58 Å². The van der Waals surface area contributed by atoms with E-state index < -0.39 is 0 Å². The first kappa shape index (κ1) is 16.5. The second-order valence-corrected chi connectivity index (χ2v) is 8.14. The standard InChI is InChI=1S/C19H29NO3/c1-4-20(11-13(2)3)17(21)12-23-18(22)19-8-14-5-15(9-19)7-16(6-14)10-19/h14-16H,2,4-12H2,1,3H3. The lowest BCUT2D eigenvalue weighted by Gasteiger charge is -2.55. The van der Waals surface area contributed by atoms with Crippen molar-refractivity contribution < 1.29 is 14.3 Å². The fraction of sp³-hybridized carbons (Fsp3) is 0.789. The fourth-order valence-corrected chi connectivity index (χ4v) is 5.43. The molecule has 0 unspecified atom stereocenters. The maximum absolute atomic E-state index is 12.7. The van der Waals surface area contributed by atoms with Crippen LogP contribution in [-0.2, 0) is 14.3 Å². The predicted octanol–water partition coefficient (Wildman–Crippen LogP) is 3.17. The van der Waals surface area contributed by atoms with E-state index in [-0.39, 0.29) is 23.9 Å². The molecule has 4 nitrogen and oxygen atoms in total. The quantitative estimate of drug-likeness (QED) is 0.558. The van der Waals surface area contributed by atoms with Crippen molar-refractivity contribution in [2.75, 3.05) is 19.7 Å². The zero-order valence-corrected chi connectivity index (χ0v) is 14.5. The molecule has 0 aromatic heterocycles. The van der Waals surface area contributed by atoms with Crippen molar-refractivity contribution in [1.29, 1.82) is 0 Å². The summed E-state index contributed by atoms with van der Waals surface area (Å²) in [6.45, 7) is 8.70. The molecular formula is C19H29NO3. The maximum atomic E-state index is 12.7. The van der Waals surface area contributed by atoms with Gasteiger partial charge in [-0.15, -0.1) is 0 Å². The first-order valence-electron chi connectivity index (χ1n) is 9.01.